The van der Waals surface area contributed by atoms with Crippen molar-refractivity contribution >= 4 is 23.2 Å². The molecule has 0 atom stereocenters. The lowest BCUT2D eigenvalue weighted by Crippen LogP contribution is -2.44. The fraction of sp³-hybridized carbons (Fsp3) is 0.304. The fourth-order valence-corrected chi connectivity index (χ4v) is 3.60. The van der Waals surface area contributed by atoms with Gasteiger partial charge in [0.2, 0.25) is 11.9 Å². The molecular formula is C23H25N5O5. The van der Waals surface area contributed by atoms with Crippen LogP contribution in [-0.4, -0.2) is 40.0 Å². The Labute approximate surface area is 190 Å². The Balaban J connectivity index is 1.54. The normalized spacial score (nSPS) is 12.4. The van der Waals surface area contributed by atoms with Crippen LogP contribution in [0.5, 0.6) is 11.5 Å². The minimum Gasteiger partial charge on any atom is -0.494 e. The molecule has 10 heteroatoms. The van der Waals surface area contributed by atoms with Crippen molar-refractivity contribution in [3.8, 4) is 11.5 Å². The molecule has 0 fully saturated rings. The third-order valence-corrected chi connectivity index (χ3v) is 5.10. The first-order chi connectivity index (χ1) is 16.0. The monoisotopic (exact) mass is 451 g/mol. The van der Waals surface area contributed by atoms with E-state index in [0.29, 0.717) is 43.7 Å². The number of hydrogen-bond donors (Lipinski definition) is 1. The molecule has 1 aliphatic rings. The zero-order valence-electron chi connectivity index (χ0n) is 18.5. The number of nitrogens with one attached hydrogen (secondary N) is 1. The predicted molar refractivity (Wildman–Crippen MR) is 124 cm³/mol. The second-order valence-electron chi connectivity index (χ2n) is 7.30. The maximum Gasteiger partial charge on any atom is 0.333 e. The van der Waals surface area contributed by atoms with Crippen LogP contribution in [0.2, 0.25) is 0 Å². The number of nitrogens with zero attached hydrogens (tertiary/aromatic N) is 4. The molecule has 2 heterocycles. The number of anilines is 3. The summed E-state index contributed by atoms with van der Waals surface area (Å²) in [6, 6.07) is 14.3. The molecule has 0 saturated carbocycles. The van der Waals surface area contributed by atoms with Crippen molar-refractivity contribution in [1.29, 1.82) is 0 Å². The molecule has 0 aliphatic carbocycles. The first-order valence-electron chi connectivity index (χ1n) is 10.7. The molecule has 0 spiro atoms. The molecule has 1 amide bonds. The van der Waals surface area contributed by atoms with Gasteiger partial charge in [0, 0.05) is 24.5 Å². The quantitative estimate of drug-likeness (QED) is 0.522. The number of aromatic nitrogens is 3. The smallest absolute Gasteiger partial charge is 0.333 e. The van der Waals surface area contributed by atoms with Crippen LogP contribution in [0.1, 0.15) is 13.8 Å². The van der Waals surface area contributed by atoms with Crippen LogP contribution in [0.25, 0.3) is 0 Å². The van der Waals surface area contributed by atoms with E-state index in [4.69, 9.17) is 9.47 Å². The third kappa shape index (κ3) is 4.74. The highest BCUT2D eigenvalue weighted by Crippen LogP contribution is 2.28. The van der Waals surface area contributed by atoms with E-state index in [0.717, 1.165) is 16.1 Å². The largest absolute Gasteiger partial charge is 0.494 e. The molecular weight excluding hydrogens is 426 g/mol. The van der Waals surface area contributed by atoms with Crippen LogP contribution in [0.3, 0.4) is 0 Å². The Kier molecular flexibility index (Phi) is 6.43. The zero-order valence-corrected chi connectivity index (χ0v) is 18.5. The molecule has 0 unspecified atom stereocenters. The van der Waals surface area contributed by atoms with Gasteiger partial charge in [-0.3, -0.25) is 19.0 Å². The summed E-state index contributed by atoms with van der Waals surface area (Å²) < 4.78 is 13.1. The predicted octanol–water partition coefficient (Wildman–Crippen LogP) is 1.99. The van der Waals surface area contributed by atoms with E-state index in [1.807, 2.05) is 43.0 Å². The van der Waals surface area contributed by atoms with E-state index >= 15 is 0 Å². The molecule has 10 nitrogen and oxygen atoms in total. The highest BCUT2D eigenvalue weighted by molar-refractivity contribution is 5.90. The lowest BCUT2D eigenvalue weighted by Gasteiger charge is -2.18. The van der Waals surface area contributed by atoms with Crippen molar-refractivity contribution in [2.75, 3.05) is 30.0 Å². The molecule has 1 aromatic heterocycles. The van der Waals surface area contributed by atoms with Crippen molar-refractivity contribution in [2.45, 2.75) is 26.9 Å². The minimum absolute atomic E-state index is 0.317. The highest BCUT2D eigenvalue weighted by Gasteiger charge is 2.26. The number of carbonyl (C=O) groups is 1. The van der Waals surface area contributed by atoms with Crippen molar-refractivity contribution in [3.63, 3.8) is 0 Å². The molecule has 1 N–H and O–H groups in total. The summed E-state index contributed by atoms with van der Waals surface area (Å²) in [6.07, 6.45) is 0. The maximum atomic E-state index is 12.6. The number of carbonyl (C=O) groups excluding carboxylic acids is 1. The molecule has 0 radical (unpaired) electrons. The fourth-order valence-electron chi connectivity index (χ4n) is 3.60. The Bertz CT molecular complexity index is 1250. The summed E-state index contributed by atoms with van der Waals surface area (Å²) in [6.45, 7) is 5.34. The number of ether oxygens (including phenoxy) is 2. The summed E-state index contributed by atoms with van der Waals surface area (Å²) in [5.41, 5.74) is -0.192. The summed E-state index contributed by atoms with van der Waals surface area (Å²) in [4.78, 5) is 39.5. The Hall–Kier alpha value is -4.08. The SMILES string of the molecule is CCOc1ccc(NC(=O)Cn2nc3n(c(=O)c2=O)CCN3c2ccc(OCC)cc2)cc1. The second kappa shape index (κ2) is 9.60. The summed E-state index contributed by atoms with van der Waals surface area (Å²) in [5, 5.41) is 7.04. The molecule has 33 heavy (non-hydrogen) atoms. The average Bonchev–Trinajstić information content (AvgIpc) is 3.23. The molecule has 0 bridgehead atoms. The number of amides is 1. The number of fused-ring (bicyclic) bond motifs is 1. The van der Waals surface area contributed by atoms with Gasteiger partial charge in [-0.15, -0.1) is 5.10 Å². The van der Waals surface area contributed by atoms with Gasteiger partial charge in [0.15, 0.2) is 0 Å². The van der Waals surface area contributed by atoms with E-state index in [1.165, 1.54) is 4.57 Å². The number of hydrogen-bond acceptors (Lipinski definition) is 7. The number of benzene rings is 2. The van der Waals surface area contributed by atoms with Gasteiger partial charge < -0.3 is 19.7 Å². The lowest BCUT2D eigenvalue weighted by molar-refractivity contribution is -0.117. The Morgan fingerprint density at radius 1 is 0.909 bits per heavy atom. The van der Waals surface area contributed by atoms with E-state index in [2.05, 4.69) is 10.4 Å². The summed E-state index contributed by atoms with van der Waals surface area (Å²) >= 11 is 0. The average molecular weight is 451 g/mol. The first kappa shape index (κ1) is 22.1. The van der Waals surface area contributed by atoms with Gasteiger partial charge in [-0.05, 0) is 62.4 Å². The molecule has 1 aliphatic heterocycles. The first-order valence-corrected chi connectivity index (χ1v) is 10.7. The van der Waals surface area contributed by atoms with Gasteiger partial charge in [0.25, 0.3) is 0 Å². The van der Waals surface area contributed by atoms with Crippen molar-refractivity contribution in [3.05, 3.63) is 69.2 Å². The minimum atomic E-state index is -0.839. The van der Waals surface area contributed by atoms with Gasteiger partial charge in [0.1, 0.15) is 18.0 Å². The van der Waals surface area contributed by atoms with Gasteiger partial charge in [-0.25, -0.2) is 4.68 Å². The van der Waals surface area contributed by atoms with Gasteiger partial charge in [-0.2, -0.15) is 0 Å². The van der Waals surface area contributed by atoms with Crippen molar-refractivity contribution in [2.24, 2.45) is 0 Å². The third-order valence-electron chi connectivity index (χ3n) is 5.10. The zero-order chi connectivity index (χ0) is 23.4. The maximum absolute atomic E-state index is 12.6. The van der Waals surface area contributed by atoms with Crippen LogP contribution in [0, 0.1) is 0 Å². The van der Waals surface area contributed by atoms with E-state index in [9.17, 15) is 14.4 Å². The summed E-state index contributed by atoms with van der Waals surface area (Å²) in [7, 11) is 0. The van der Waals surface area contributed by atoms with Gasteiger partial charge in [-0.1, -0.05) is 0 Å². The topological polar surface area (TPSA) is 108 Å². The molecule has 3 aromatic rings. The van der Waals surface area contributed by atoms with E-state index in [-0.39, 0.29) is 6.54 Å². The molecule has 4 rings (SSSR count). The molecule has 2 aromatic carbocycles. The van der Waals surface area contributed by atoms with Crippen LogP contribution in [0.4, 0.5) is 17.3 Å². The van der Waals surface area contributed by atoms with Crippen LogP contribution in [0.15, 0.2) is 58.1 Å². The lowest BCUT2D eigenvalue weighted by atomic mass is 10.3. The molecule has 0 saturated heterocycles. The molecule has 172 valence electrons. The van der Waals surface area contributed by atoms with Gasteiger partial charge >= 0.3 is 11.1 Å². The second-order valence-corrected chi connectivity index (χ2v) is 7.30. The number of rotatable bonds is 8. The van der Waals surface area contributed by atoms with Crippen LogP contribution < -0.4 is 30.8 Å². The van der Waals surface area contributed by atoms with Crippen LogP contribution >= 0.6 is 0 Å². The Morgan fingerprint density at radius 3 is 2.12 bits per heavy atom. The highest BCUT2D eigenvalue weighted by atomic mass is 16.5. The summed E-state index contributed by atoms with van der Waals surface area (Å²) in [5.74, 6) is 1.28. The van der Waals surface area contributed by atoms with Crippen LogP contribution in [-0.2, 0) is 17.9 Å². The van der Waals surface area contributed by atoms with E-state index in [1.54, 1.807) is 24.3 Å². The van der Waals surface area contributed by atoms with Crippen molar-refractivity contribution < 1.29 is 14.3 Å². The Morgan fingerprint density at radius 2 is 1.52 bits per heavy atom. The van der Waals surface area contributed by atoms with E-state index < -0.39 is 17.0 Å². The van der Waals surface area contributed by atoms with Gasteiger partial charge in [0.05, 0.1) is 13.2 Å². The standard InChI is InChI=1S/C23H25N5O5/c1-3-32-18-9-5-16(6-10-18)24-20(29)15-28-22(31)21(30)27-14-13-26(23(27)25-28)17-7-11-19(12-8-17)33-4-2/h5-12H,3-4,13-15H2,1-2H3,(H,24,29). The van der Waals surface area contributed by atoms with Crippen molar-refractivity contribution in [1.82, 2.24) is 14.3 Å².